The van der Waals surface area contributed by atoms with E-state index in [1.54, 1.807) is 18.2 Å². The molecule has 0 fully saturated rings. The van der Waals surface area contributed by atoms with Crippen molar-refractivity contribution < 1.29 is 18.4 Å². The van der Waals surface area contributed by atoms with Crippen molar-refractivity contribution in [2.45, 2.75) is 6.92 Å². The van der Waals surface area contributed by atoms with E-state index in [9.17, 15) is 18.4 Å². The van der Waals surface area contributed by atoms with Crippen LogP contribution in [0.4, 0.5) is 25.0 Å². The monoisotopic (exact) mass is 290 g/mol. The molecule has 0 spiro atoms. The number of nitrogens with one attached hydrogen (secondary N) is 2. The summed E-state index contributed by atoms with van der Waals surface area (Å²) in [5.74, 6) is -1.90. The Kier molecular flexibility index (Phi) is 4.27. The largest absolute Gasteiger partial charge is 0.323 e. The summed E-state index contributed by atoms with van der Waals surface area (Å²) in [5.41, 5.74) is 0.236. The highest BCUT2D eigenvalue weighted by atomic mass is 19.1. The second-order valence-corrected chi connectivity index (χ2v) is 4.31. The number of hydrogen-bond acceptors (Lipinski definition) is 2. The van der Waals surface area contributed by atoms with Crippen molar-refractivity contribution in [3.05, 3.63) is 59.7 Å². The summed E-state index contributed by atoms with van der Waals surface area (Å²) in [6, 6.07) is 8.69. The van der Waals surface area contributed by atoms with Crippen LogP contribution in [0.15, 0.2) is 42.5 Å². The summed E-state index contributed by atoms with van der Waals surface area (Å²) in [5, 5.41) is 4.50. The van der Waals surface area contributed by atoms with Crippen LogP contribution in [0, 0.1) is 11.6 Å². The smallest absolute Gasteiger partial charge is 0.308 e. The molecule has 0 unspecified atom stereocenters. The maximum absolute atomic E-state index is 13.4. The molecule has 0 aliphatic heterocycles. The van der Waals surface area contributed by atoms with Crippen LogP contribution in [0.2, 0.25) is 0 Å². The number of carbonyl (C=O) groups excluding carboxylic acids is 2. The third-order valence-electron chi connectivity index (χ3n) is 2.73. The van der Waals surface area contributed by atoms with E-state index in [4.69, 9.17) is 0 Å². The van der Waals surface area contributed by atoms with Crippen molar-refractivity contribution in [2.75, 3.05) is 10.6 Å². The minimum Gasteiger partial charge on any atom is -0.308 e. The van der Waals surface area contributed by atoms with Crippen LogP contribution in [-0.4, -0.2) is 11.8 Å². The molecule has 0 saturated carbocycles. The molecule has 2 N–H and O–H groups in total. The third-order valence-corrected chi connectivity index (χ3v) is 2.73. The molecule has 6 heteroatoms. The maximum atomic E-state index is 13.4. The third kappa shape index (κ3) is 3.62. The number of hydrogen-bond donors (Lipinski definition) is 2. The molecule has 2 rings (SSSR count). The Hall–Kier alpha value is -2.76. The van der Waals surface area contributed by atoms with Gasteiger partial charge in [0.1, 0.15) is 17.3 Å². The Morgan fingerprint density at radius 1 is 0.952 bits per heavy atom. The highest BCUT2D eigenvalue weighted by Gasteiger charge is 2.12. The first-order valence-corrected chi connectivity index (χ1v) is 6.10. The lowest BCUT2D eigenvalue weighted by atomic mass is 10.1. The maximum Gasteiger partial charge on any atom is 0.323 e. The van der Waals surface area contributed by atoms with Crippen LogP contribution in [0.5, 0.6) is 0 Å². The summed E-state index contributed by atoms with van der Waals surface area (Å²) < 4.78 is 26.8. The summed E-state index contributed by atoms with van der Waals surface area (Å²) in [6.45, 7) is 1.40. The van der Waals surface area contributed by atoms with E-state index < -0.39 is 23.4 Å². The van der Waals surface area contributed by atoms with Gasteiger partial charge in [0.2, 0.25) is 0 Å². The van der Waals surface area contributed by atoms with Gasteiger partial charge in [-0.1, -0.05) is 18.2 Å². The average Bonchev–Trinajstić information content (AvgIpc) is 2.43. The van der Waals surface area contributed by atoms with Gasteiger partial charge < -0.3 is 10.6 Å². The first-order chi connectivity index (χ1) is 9.97. The summed E-state index contributed by atoms with van der Waals surface area (Å²) in [4.78, 5) is 23.0. The Labute approximate surface area is 119 Å². The first-order valence-electron chi connectivity index (χ1n) is 6.10. The Bertz CT molecular complexity index is 682. The topological polar surface area (TPSA) is 58.2 Å². The molecule has 0 saturated heterocycles. The second kappa shape index (κ2) is 6.13. The van der Waals surface area contributed by atoms with Gasteiger partial charge in [0, 0.05) is 11.3 Å². The van der Waals surface area contributed by atoms with Crippen LogP contribution in [0.1, 0.15) is 17.3 Å². The summed E-state index contributed by atoms with van der Waals surface area (Å²) in [6.07, 6.45) is 0. The van der Waals surface area contributed by atoms with Gasteiger partial charge >= 0.3 is 6.03 Å². The highest BCUT2D eigenvalue weighted by molar-refractivity contribution is 6.01. The van der Waals surface area contributed by atoms with E-state index in [2.05, 4.69) is 10.6 Å². The fourth-order valence-corrected chi connectivity index (χ4v) is 1.71. The van der Waals surface area contributed by atoms with E-state index in [1.165, 1.54) is 19.1 Å². The quantitative estimate of drug-likeness (QED) is 0.844. The highest BCUT2D eigenvalue weighted by Crippen LogP contribution is 2.18. The number of urea groups is 1. The molecule has 0 radical (unpaired) electrons. The molecule has 2 aromatic carbocycles. The molecule has 0 bridgehead atoms. The zero-order chi connectivity index (χ0) is 15.4. The van der Waals surface area contributed by atoms with Crippen LogP contribution in [0.25, 0.3) is 0 Å². The minimum atomic E-state index is -0.873. The Morgan fingerprint density at radius 2 is 1.57 bits per heavy atom. The predicted molar refractivity (Wildman–Crippen MR) is 75.4 cm³/mol. The zero-order valence-corrected chi connectivity index (χ0v) is 11.1. The van der Waals surface area contributed by atoms with E-state index in [-0.39, 0.29) is 5.78 Å². The summed E-state index contributed by atoms with van der Waals surface area (Å²) >= 11 is 0. The van der Waals surface area contributed by atoms with Gasteiger partial charge in [0.05, 0.1) is 0 Å². The molecule has 4 nitrogen and oxygen atoms in total. The van der Waals surface area contributed by atoms with Crippen molar-refractivity contribution in [1.82, 2.24) is 0 Å². The van der Waals surface area contributed by atoms with Crippen LogP contribution in [-0.2, 0) is 0 Å². The summed E-state index contributed by atoms with van der Waals surface area (Å²) in [7, 11) is 0. The molecule has 0 aliphatic carbocycles. The lowest BCUT2D eigenvalue weighted by Crippen LogP contribution is -2.21. The molecule has 2 aromatic rings. The number of amides is 2. The zero-order valence-electron chi connectivity index (χ0n) is 11.1. The Morgan fingerprint density at radius 3 is 2.19 bits per heavy atom. The van der Waals surface area contributed by atoms with E-state index in [0.29, 0.717) is 11.3 Å². The molecule has 0 aliphatic rings. The van der Waals surface area contributed by atoms with Crippen molar-refractivity contribution in [3.63, 3.8) is 0 Å². The number of ketones is 1. The fraction of sp³-hybridized carbons (Fsp3) is 0.0667. The second-order valence-electron chi connectivity index (χ2n) is 4.31. The van der Waals surface area contributed by atoms with Gasteiger partial charge in [0.15, 0.2) is 5.78 Å². The standard InChI is InChI=1S/C15H12F2N2O2/c1-9(20)10-4-2-5-11(8-10)18-15(21)19-14-12(16)6-3-7-13(14)17/h2-8H,1H3,(H2,18,19,21). The van der Waals surface area contributed by atoms with Gasteiger partial charge in [-0.3, -0.25) is 4.79 Å². The number of Topliss-reactive ketones (excluding diaryl/α,β-unsaturated/α-hetero) is 1. The normalized spacial score (nSPS) is 10.0. The van der Waals surface area contributed by atoms with Crippen molar-refractivity contribution in [2.24, 2.45) is 0 Å². The van der Waals surface area contributed by atoms with Gasteiger partial charge in [-0.05, 0) is 31.2 Å². The van der Waals surface area contributed by atoms with Crippen molar-refractivity contribution in [3.8, 4) is 0 Å². The number of halogens is 2. The minimum absolute atomic E-state index is 0.154. The number of para-hydroxylation sites is 1. The lowest BCUT2D eigenvalue weighted by Gasteiger charge is -2.09. The first kappa shape index (κ1) is 14.6. The predicted octanol–water partition coefficient (Wildman–Crippen LogP) is 3.81. The van der Waals surface area contributed by atoms with Gasteiger partial charge in [-0.2, -0.15) is 0 Å². The molecule has 108 valence electrons. The molecule has 0 aromatic heterocycles. The molecular weight excluding hydrogens is 278 g/mol. The van der Waals surface area contributed by atoms with Gasteiger partial charge in [-0.15, -0.1) is 0 Å². The van der Waals surface area contributed by atoms with Crippen LogP contribution in [0.3, 0.4) is 0 Å². The Balaban J connectivity index is 2.12. The molecule has 0 atom stereocenters. The van der Waals surface area contributed by atoms with Gasteiger partial charge in [-0.25, -0.2) is 13.6 Å². The SMILES string of the molecule is CC(=O)c1cccc(NC(=O)Nc2c(F)cccc2F)c1. The van der Waals surface area contributed by atoms with E-state index in [1.807, 2.05) is 0 Å². The van der Waals surface area contributed by atoms with Crippen LogP contribution >= 0.6 is 0 Å². The number of carbonyl (C=O) groups is 2. The molecule has 21 heavy (non-hydrogen) atoms. The molecule has 2 amide bonds. The van der Waals surface area contributed by atoms with E-state index in [0.717, 1.165) is 12.1 Å². The number of anilines is 2. The van der Waals surface area contributed by atoms with Crippen molar-refractivity contribution in [1.29, 1.82) is 0 Å². The average molecular weight is 290 g/mol. The fourth-order valence-electron chi connectivity index (χ4n) is 1.71. The molecule has 0 heterocycles. The lowest BCUT2D eigenvalue weighted by molar-refractivity contribution is 0.101. The number of rotatable bonds is 3. The van der Waals surface area contributed by atoms with Gasteiger partial charge in [0.25, 0.3) is 0 Å². The van der Waals surface area contributed by atoms with E-state index >= 15 is 0 Å². The molecular formula is C15H12F2N2O2. The van der Waals surface area contributed by atoms with Crippen molar-refractivity contribution >= 4 is 23.2 Å². The van der Waals surface area contributed by atoms with Crippen LogP contribution < -0.4 is 10.6 Å². The number of benzene rings is 2.